The number of unbranched alkanes of at least 4 members (excludes halogenated alkanes) is 2. The second-order valence-electron chi connectivity index (χ2n) is 5.76. The van der Waals surface area contributed by atoms with Gasteiger partial charge in [-0.25, -0.2) is 0 Å². The summed E-state index contributed by atoms with van der Waals surface area (Å²) in [7, 11) is 1.77. The minimum absolute atomic E-state index is 0.131. The van der Waals surface area contributed by atoms with Crippen molar-refractivity contribution in [3.05, 3.63) is 59.9 Å². The van der Waals surface area contributed by atoms with Gasteiger partial charge in [0.2, 0.25) is 0 Å². The summed E-state index contributed by atoms with van der Waals surface area (Å²) in [6.45, 7) is 6.73. The van der Waals surface area contributed by atoms with Gasteiger partial charge in [0.25, 0.3) is 5.91 Å². The second-order valence-corrected chi connectivity index (χ2v) is 5.76. The van der Waals surface area contributed by atoms with Gasteiger partial charge in [0, 0.05) is 13.6 Å². The zero-order valence-electron chi connectivity index (χ0n) is 14.4. The molecule has 0 fully saturated rings. The number of benzene rings is 1. The third-order valence-corrected chi connectivity index (χ3v) is 3.66. The van der Waals surface area contributed by atoms with Crippen LogP contribution in [0.1, 0.15) is 41.0 Å². The summed E-state index contributed by atoms with van der Waals surface area (Å²) in [5.74, 6) is 0.700. The molecule has 0 saturated carbocycles. The van der Waals surface area contributed by atoms with Crippen LogP contribution in [-0.4, -0.2) is 22.3 Å². The predicted octanol–water partition coefficient (Wildman–Crippen LogP) is 3.39. The van der Waals surface area contributed by atoms with Crippen LogP contribution < -0.4 is 10.1 Å². The number of carbonyl (C=O) groups is 1. The zero-order valence-corrected chi connectivity index (χ0v) is 14.4. The average Bonchev–Trinajstić information content (AvgIpc) is 2.91. The van der Waals surface area contributed by atoms with Crippen LogP contribution in [0, 0.1) is 6.92 Å². The molecule has 1 N–H and O–H groups in total. The number of carbonyl (C=O) groups excluding carboxylic acids is 1. The monoisotopic (exact) mass is 327 g/mol. The number of rotatable bonds is 9. The van der Waals surface area contributed by atoms with Crippen molar-refractivity contribution in [1.82, 2.24) is 15.1 Å². The molecule has 1 heterocycles. The fourth-order valence-electron chi connectivity index (χ4n) is 2.42. The topological polar surface area (TPSA) is 56.1 Å². The molecule has 2 aromatic rings. The molecule has 1 aromatic carbocycles. The lowest BCUT2D eigenvalue weighted by Gasteiger charge is -2.09. The first-order valence-electron chi connectivity index (χ1n) is 8.21. The van der Waals surface area contributed by atoms with Gasteiger partial charge in [0.1, 0.15) is 11.4 Å². The number of ether oxygens (including phenoxy) is 1. The van der Waals surface area contributed by atoms with Gasteiger partial charge in [-0.05, 0) is 49.9 Å². The minimum atomic E-state index is -0.131. The van der Waals surface area contributed by atoms with Gasteiger partial charge in [0.05, 0.1) is 12.3 Å². The predicted molar refractivity (Wildman–Crippen MR) is 95.1 cm³/mol. The maximum absolute atomic E-state index is 12.2. The summed E-state index contributed by atoms with van der Waals surface area (Å²) in [6.07, 6.45) is 5.03. The van der Waals surface area contributed by atoms with Gasteiger partial charge in [-0.3, -0.25) is 9.48 Å². The van der Waals surface area contributed by atoms with Gasteiger partial charge < -0.3 is 10.1 Å². The Kier molecular flexibility index (Phi) is 6.61. The largest absolute Gasteiger partial charge is 0.494 e. The van der Waals surface area contributed by atoms with E-state index in [1.807, 2.05) is 37.3 Å². The van der Waals surface area contributed by atoms with Crippen LogP contribution in [0.5, 0.6) is 5.75 Å². The first-order chi connectivity index (χ1) is 11.6. The minimum Gasteiger partial charge on any atom is -0.494 e. The fraction of sp³-hybridized carbons (Fsp3) is 0.368. The molecule has 0 aliphatic rings. The molecule has 5 heteroatoms. The van der Waals surface area contributed by atoms with E-state index in [0.29, 0.717) is 18.8 Å². The average molecular weight is 327 g/mol. The molecule has 2 rings (SSSR count). The van der Waals surface area contributed by atoms with Crippen molar-refractivity contribution < 1.29 is 9.53 Å². The Balaban J connectivity index is 1.84. The molecule has 0 spiro atoms. The highest BCUT2D eigenvalue weighted by atomic mass is 16.5. The maximum atomic E-state index is 12.2. The molecule has 0 saturated heterocycles. The number of amides is 1. The summed E-state index contributed by atoms with van der Waals surface area (Å²) < 4.78 is 7.34. The molecule has 5 nitrogen and oxygen atoms in total. The van der Waals surface area contributed by atoms with Crippen LogP contribution in [0.2, 0.25) is 0 Å². The molecule has 1 amide bonds. The first-order valence-corrected chi connectivity index (χ1v) is 8.21. The van der Waals surface area contributed by atoms with E-state index in [0.717, 1.165) is 36.3 Å². The van der Waals surface area contributed by atoms with E-state index in [9.17, 15) is 4.79 Å². The number of aryl methyl sites for hydroxylation is 2. The number of allylic oxidation sites excluding steroid dienone is 1. The summed E-state index contributed by atoms with van der Waals surface area (Å²) in [5, 5.41) is 7.10. The summed E-state index contributed by atoms with van der Waals surface area (Å²) in [4.78, 5) is 12.2. The van der Waals surface area contributed by atoms with Crippen LogP contribution in [0.15, 0.2) is 43.0 Å². The summed E-state index contributed by atoms with van der Waals surface area (Å²) in [6, 6.07) is 9.58. The van der Waals surface area contributed by atoms with E-state index >= 15 is 0 Å². The van der Waals surface area contributed by atoms with E-state index in [1.165, 1.54) is 0 Å². The number of aromatic nitrogens is 2. The summed E-state index contributed by atoms with van der Waals surface area (Å²) in [5.41, 5.74) is 2.39. The molecule has 0 bridgehead atoms. The van der Waals surface area contributed by atoms with Crippen molar-refractivity contribution in [2.24, 2.45) is 7.05 Å². The van der Waals surface area contributed by atoms with Gasteiger partial charge in [0.15, 0.2) is 0 Å². The van der Waals surface area contributed by atoms with Crippen molar-refractivity contribution in [3.63, 3.8) is 0 Å². The normalized spacial score (nSPS) is 10.4. The van der Waals surface area contributed by atoms with Gasteiger partial charge in [-0.15, -0.1) is 6.58 Å². The number of hydrogen-bond acceptors (Lipinski definition) is 3. The zero-order chi connectivity index (χ0) is 17.4. The third kappa shape index (κ3) is 5.26. The highest BCUT2D eigenvalue weighted by molar-refractivity contribution is 5.92. The molecule has 0 aliphatic carbocycles. The van der Waals surface area contributed by atoms with Gasteiger partial charge >= 0.3 is 0 Å². The van der Waals surface area contributed by atoms with Crippen molar-refractivity contribution in [3.8, 4) is 5.75 Å². The first kappa shape index (κ1) is 17.8. The van der Waals surface area contributed by atoms with Crippen LogP contribution in [-0.2, 0) is 13.6 Å². The van der Waals surface area contributed by atoms with E-state index < -0.39 is 0 Å². The third-order valence-electron chi connectivity index (χ3n) is 3.66. The number of nitrogens with zero attached hydrogens (tertiary/aromatic N) is 2. The highest BCUT2D eigenvalue weighted by Gasteiger charge is 2.11. The van der Waals surface area contributed by atoms with Crippen LogP contribution >= 0.6 is 0 Å². The Morgan fingerprint density at radius 1 is 1.38 bits per heavy atom. The summed E-state index contributed by atoms with van der Waals surface area (Å²) >= 11 is 0. The van der Waals surface area contributed by atoms with E-state index in [4.69, 9.17) is 4.74 Å². The van der Waals surface area contributed by atoms with Crippen LogP contribution in [0.25, 0.3) is 0 Å². The quantitative estimate of drug-likeness (QED) is 0.567. The van der Waals surface area contributed by atoms with Crippen LogP contribution in [0.3, 0.4) is 0 Å². The lowest BCUT2D eigenvalue weighted by Crippen LogP contribution is -2.25. The van der Waals surface area contributed by atoms with Crippen molar-refractivity contribution in [1.29, 1.82) is 0 Å². The maximum Gasteiger partial charge on any atom is 0.269 e. The molecule has 24 heavy (non-hydrogen) atoms. The van der Waals surface area contributed by atoms with Crippen molar-refractivity contribution in [2.75, 3.05) is 6.61 Å². The Morgan fingerprint density at radius 3 is 2.92 bits per heavy atom. The molecular formula is C19H25N3O2. The number of nitrogens with one attached hydrogen (secondary N) is 1. The Bertz CT molecular complexity index is 692. The van der Waals surface area contributed by atoms with Crippen molar-refractivity contribution >= 4 is 5.91 Å². The van der Waals surface area contributed by atoms with E-state index in [1.54, 1.807) is 17.8 Å². The molecule has 128 valence electrons. The number of hydrogen-bond donors (Lipinski definition) is 1. The second kappa shape index (κ2) is 8.91. The molecule has 0 unspecified atom stereocenters. The van der Waals surface area contributed by atoms with Gasteiger partial charge in [-0.1, -0.05) is 18.2 Å². The smallest absolute Gasteiger partial charge is 0.269 e. The molecular weight excluding hydrogens is 302 g/mol. The van der Waals surface area contributed by atoms with E-state index in [2.05, 4.69) is 17.0 Å². The van der Waals surface area contributed by atoms with E-state index in [-0.39, 0.29) is 5.91 Å². The SMILES string of the molecule is C=CCCCCOc1cccc(CNC(=O)c2cc(C)nn2C)c1. The Morgan fingerprint density at radius 2 is 2.21 bits per heavy atom. The van der Waals surface area contributed by atoms with Crippen molar-refractivity contribution in [2.45, 2.75) is 32.7 Å². The lowest BCUT2D eigenvalue weighted by atomic mass is 10.2. The highest BCUT2D eigenvalue weighted by Crippen LogP contribution is 2.14. The van der Waals surface area contributed by atoms with Crippen LogP contribution in [0.4, 0.5) is 0 Å². The standard InChI is InChI=1S/C19H25N3O2/c1-4-5-6-7-11-24-17-10-8-9-16(13-17)14-20-19(23)18-12-15(2)21-22(18)3/h4,8-10,12-13H,1,5-7,11,14H2,2-3H3,(H,20,23). The lowest BCUT2D eigenvalue weighted by molar-refractivity contribution is 0.0941. The Labute approximate surface area is 143 Å². The Hall–Kier alpha value is -2.56. The fourth-order valence-corrected chi connectivity index (χ4v) is 2.42. The molecule has 0 radical (unpaired) electrons. The van der Waals surface area contributed by atoms with Gasteiger partial charge in [-0.2, -0.15) is 5.10 Å². The molecule has 0 aliphatic heterocycles. The molecule has 1 aromatic heterocycles. The molecule has 0 atom stereocenters.